The first-order valence-corrected chi connectivity index (χ1v) is 5.68. The molecular formula is C14H22O2. The van der Waals surface area contributed by atoms with Crippen LogP contribution in [0.3, 0.4) is 0 Å². The summed E-state index contributed by atoms with van der Waals surface area (Å²) in [6, 6.07) is 6.04. The monoisotopic (exact) mass is 222 g/mol. The van der Waals surface area contributed by atoms with E-state index in [0.717, 1.165) is 17.7 Å². The average molecular weight is 222 g/mol. The van der Waals surface area contributed by atoms with Crippen LogP contribution in [0.15, 0.2) is 18.2 Å². The molecule has 0 spiro atoms. The molecule has 2 nitrogen and oxygen atoms in total. The van der Waals surface area contributed by atoms with Crippen LogP contribution in [0.2, 0.25) is 0 Å². The van der Waals surface area contributed by atoms with Crippen molar-refractivity contribution in [3.63, 3.8) is 0 Å². The zero-order valence-electron chi connectivity index (χ0n) is 10.9. The minimum absolute atomic E-state index is 0.255. The van der Waals surface area contributed by atoms with E-state index >= 15 is 0 Å². The summed E-state index contributed by atoms with van der Waals surface area (Å²) in [7, 11) is 1.63. The van der Waals surface area contributed by atoms with Gasteiger partial charge in [-0.3, -0.25) is 0 Å². The highest BCUT2D eigenvalue weighted by Gasteiger charge is 2.14. The van der Waals surface area contributed by atoms with E-state index in [1.54, 1.807) is 14.0 Å². The zero-order chi connectivity index (χ0) is 12.3. The summed E-state index contributed by atoms with van der Waals surface area (Å²) in [6.45, 7) is 8.39. The van der Waals surface area contributed by atoms with Crippen LogP contribution in [0.4, 0.5) is 0 Å². The van der Waals surface area contributed by atoms with Crippen molar-refractivity contribution in [2.24, 2.45) is 5.41 Å². The van der Waals surface area contributed by atoms with Gasteiger partial charge in [0.05, 0.1) is 13.2 Å². The SMILES string of the molecule is COc1ccc(CC(C)(C)C)cc1C(C)O. The van der Waals surface area contributed by atoms with E-state index in [4.69, 9.17) is 4.74 Å². The molecule has 0 radical (unpaired) electrons. The number of rotatable bonds is 3. The topological polar surface area (TPSA) is 29.5 Å². The fraction of sp³-hybridized carbons (Fsp3) is 0.571. The summed E-state index contributed by atoms with van der Waals surface area (Å²) in [5.41, 5.74) is 2.36. The standard InChI is InChI=1S/C14H22O2/c1-10(15)12-8-11(9-14(2,3)4)6-7-13(12)16-5/h6-8,10,15H,9H2,1-5H3. The van der Waals surface area contributed by atoms with Crippen LogP contribution in [0, 0.1) is 5.41 Å². The first-order valence-electron chi connectivity index (χ1n) is 5.68. The quantitative estimate of drug-likeness (QED) is 0.850. The molecule has 1 atom stereocenters. The van der Waals surface area contributed by atoms with Gasteiger partial charge in [0, 0.05) is 5.56 Å². The van der Waals surface area contributed by atoms with Crippen molar-refractivity contribution in [2.45, 2.75) is 40.2 Å². The molecule has 1 aromatic carbocycles. The third-order valence-electron chi connectivity index (χ3n) is 2.48. The fourth-order valence-electron chi connectivity index (χ4n) is 1.83. The summed E-state index contributed by atoms with van der Waals surface area (Å²) >= 11 is 0. The van der Waals surface area contributed by atoms with Gasteiger partial charge in [-0.2, -0.15) is 0 Å². The first-order chi connectivity index (χ1) is 7.33. The molecule has 1 unspecified atom stereocenters. The average Bonchev–Trinajstić information content (AvgIpc) is 2.15. The Morgan fingerprint density at radius 1 is 1.31 bits per heavy atom. The Balaban J connectivity index is 3.02. The van der Waals surface area contributed by atoms with Crippen molar-refractivity contribution < 1.29 is 9.84 Å². The van der Waals surface area contributed by atoms with Crippen LogP contribution >= 0.6 is 0 Å². The predicted octanol–water partition coefficient (Wildman–Crippen LogP) is 3.34. The Labute approximate surface area is 98.3 Å². The van der Waals surface area contributed by atoms with Crippen molar-refractivity contribution in [1.82, 2.24) is 0 Å². The highest BCUT2D eigenvalue weighted by Crippen LogP contribution is 2.29. The molecule has 0 bridgehead atoms. The van der Waals surface area contributed by atoms with Crippen LogP contribution < -0.4 is 4.74 Å². The van der Waals surface area contributed by atoms with Crippen molar-refractivity contribution in [2.75, 3.05) is 7.11 Å². The molecular weight excluding hydrogens is 200 g/mol. The van der Waals surface area contributed by atoms with Crippen molar-refractivity contribution in [1.29, 1.82) is 0 Å². The lowest BCUT2D eigenvalue weighted by molar-refractivity contribution is 0.194. The lowest BCUT2D eigenvalue weighted by Crippen LogP contribution is -2.10. The normalized spacial score (nSPS) is 13.6. The Hall–Kier alpha value is -1.02. The van der Waals surface area contributed by atoms with E-state index in [0.29, 0.717) is 0 Å². The molecule has 1 rings (SSSR count). The van der Waals surface area contributed by atoms with E-state index in [-0.39, 0.29) is 5.41 Å². The molecule has 0 amide bonds. The summed E-state index contributed by atoms with van der Waals surface area (Å²) in [5.74, 6) is 0.757. The molecule has 1 N–H and O–H groups in total. The van der Waals surface area contributed by atoms with Crippen molar-refractivity contribution in [3.8, 4) is 5.75 Å². The summed E-state index contributed by atoms with van der Waals surface area (Å²) < 4.78 is 5.23. The van der Waals surface area contributed by atoms with Crippen molar-refractivity contribution in [3.05, 3.63) is 29.3 Å². The van der Waals surface area contributed by atoms with Crippen LogP contribution in [-0.4, -0.2) is 12.2 Å². The van der Waals surface area contributed by atoms with E-state index in [9.17, 15) is 5.11 Å². The Kier molecular flexibility index (Phi) is 3.98. The molecule has 2 heteroatoms. The largest absolute Gasteiger partial charge is 0.496 e. The summed E-state index contributed by atoms with van der Waals surface area (Å²) in [5, 5.41) is 9.68. The molecule has 0 aliphatic rings. The number of aliphatic hydroxyl groups is 1. The lowest BCUT2D eigenvalue weighted by Gasteiger charge is -2.20. The van der Waals surface area contributed by atoms with Gasteiger partial charge >= 0.3 is 0 Å². The minimum Gasteiger partial charge on any atom is -0.496 e. The van der Waals surface area contributed by atoms with Crippen LogP contribution in [0.25, 0.3) is 0 Å². The lowest BCUT2D eigenvalue weighted by atomic mass is 9.87. The number of methoxy groups -OCH3 is 1. The van der Waals surface area contributed by atoms with Gasteiger partial charge in [-0.15, -0.1) is 0 Å². The third kappa shape index (κ3) is 3.53. The number of aliphatic hydroxyl groups excluding tert-OH is 1. The van der Waals surface area contributed by atoms with Gasteiger partial charge in [0.2, 0.25) is 0 Å². The maximum absolute atomic E-state index is 9.68. The fourth-order valence-corrected chi connectivity index (χ4v) is 1.83. The second kappa shape index (κ2) is 4.88. The Morgan fingerprint density at radius 2 is 1.94 bits per heavy atom. The zero-order valence-corrected chi connectivity index (χ0v) is 10.9. The predicted molar refractivity (Wildman–Crippen MR) is 66.8 cm³/mol. The van der Waals surface area contributed by atoms with Gasteiger partial charge in [-0.1, -0.05) is 26.8 Å². The molecule has 0 saturated carbocycles. The first kappa shape index (κ1) is 13.0. The molecule has 16 heavy (non-hydrogen) atoms. The van der Waals surface area contributed by atoms with Gasteiger partial charge in [-0.25, -0.2) is 0 Å². The maximum Gasteiger partial charge on any atom is 0.124 e. The Morgan fingerprint density at radius 3 is 2.38 bits per heavy atom. The van der Waals surface area contributed by atoms with Crippen LogP contribution in [-0.2, 0) is 6.42 Å². The van der Waals surface area contributed by atoms with E-state index in [2.05, 4.69) is 26.8 Å². The molecule has 0 heterocycles. The maximum atomic E-state index is 9.68. The number of hydrogen-bond donors (Lipinski definition) is 1. The molecule has 0 saturated heterocycles. The van der Waals surface area contributed by atoms with Gasteiger partial charge in [-0.05, 0) is 36.5 Å². The highest BCUT2D eigenvalue weighted by molar-refractivity contribution is 5.38. The highest BCUT2D eigenvalue weighted by atomic mass is 16.5. The second-order valence-corrected chi connectivity index (χ2v) is 5.49. The van der Waals surface area contributed by atoms with Gasteiger partial charge in [0.1, 0.15) is 5.75 Å². The van der Waals surface area contributed by atoms with Crippen LogP contribution in [0.5, 0.6) is 5.75 Å². The molecule has 0 aliphatic carbocycles. The summed E-state index contributed by atoms with van der Waals surface area (Å²) in [4.78, 5) is 0. The number of ether oxygens (including phenoxy) is 1. The molecule has 90 valence electrons. The summed E-state index contributed by atoms with van der Waals surface area (Å²) in [6.07, 6.45) is 0.506. The van der Waals surface area contributed by atoms with Crippen LogP contribution in [0.1, 0.15) is 44.9 Å². The van der Waals surface area contributed by atoms with E-state index in [1.165, 1.54) is 5.56 Å². The number of benzene rings is 1. The van der Waals surface area contributed by atoms with Gasteiger partial charge < -0.3 is 9.84 Å². The minimum atomic E-state index is -0.491. The molecule has 0 aliphatic heterocycles. The van der Waals surface area contributed by atoms with E-state index in [1.807, 2.05) is 12.1 Å². The van der Waals surface area contributed by atoms with Gasteiger partial charge in [0.25, 0.3) is 0 Å². The number of hydrogen-bond acceptors (Lipinski definition) is 2. The van der Waals surface area contributed by atoms with Crippen molar-refractivity contribution >= 4 is 0 Å². The second-order valence-electron chi connectivity index (χ2n) is 5.49. The van der Waals surface area contributed by atoms with Gasteiger partial charge in [0.15, 0.2) is 0 Å². The van der Waals surface area contributed by atoms with E-state index < -0.39 is 6.10 Å². The molecule has 0 fully saturated rings. The molecule has 1 aromatic rings. The Bertz CT molecular complexity index is 348. The third-order valence-corrected chi connectivity index (χ3v) is 2.48. The smallest absolute Gasteiger partial charge is 0.124 e. The molecule has 0 aromatic heterocycles.